The van der Waals surface area contributed by atoms with Gasteiger partial charge in [0.15, 0.2) is 11.5 Å². The van der Waals surface area contributed by atoms with Crippen molar-refractivity contribution in [1.29, 1.82) is 0 Å². The zero-order valence-corrected chi connectivity index (χ0v) is 26.6. The van der Waals surface area contributed by atoms with E-state index in [1.165, 1.54) is 32.1 Å². The number of amides is 2. The summed E-state index contributed by atoms with van der Waals surface area (Å²) in [5.74, 6) is 1.12. The largest absolute Gasteiger partial charge is 0.490 e. The van der Waals surface area contributed by atoms with E-state index in [1.54, 1.807) is 11.9 Å². The lowest BCUT2D eigenvalue weighted by Gasteiger charge is -2.40. The fraction of sp³-hybridized carbons (Fsp3) is 0.543. The van der Waals surface area contributed by atoms with Crippen LogP contribution in [-0.4, -0.2) is 96.6 Å². The van der Waals surface area contributed by atoms with E-state index in [4.69, 9.17) is 9.47 Å². The van der Waals surface area contributed by atoms with Gasteiger partial charge in [0.05, 0.1) is 19.8 Å². The van der Waals surface area contributed by atoms with Gasteiger partial charge in [0.25, 0.3) is 0 Å². The Balaban J connectivity index is 1.25. The lowest BCUT2D eigenvalue weighted by molar-refractivity contribution is -0.136. The average Bonchev–Trinajstić information content (AvgIpc) is 3.45. The highest BCUT2D eigenvalue weighted by molar-refractivity contribution is 5.90. The maximum atomic E-state index is 14.0. The number of rotatable bonds is 13. The third kappa shape index (κ3) is 8.12. The number of para-hydroxylation sites is 1. The van der Waals surface area contributed by atoms with Crippen LogP contribution in [0.4, 0.5) is 0 Å². The number of carbonyl (C=O) groups excluding carboxylic acids is 2. The lowest BCUT2D eigenvalue weighted by Crippen LogP contribution is -2.55. The summed E-state index contributed by atoms with van der Waals surface area (Å²) in [5, 5.41) is 4.19. The molecule has 0 spiro atoms. The molecule has 238 valence electrons. The summed E-state index contributed by atoms with van der Waals surface area (Å²) in [4.78, 5) is 37.2. The maximum absolute atomic E-state index is 14.0. The van der Waals surface area contributed by atoms with Gasteiger partial charge >= 0.3 is 0 Å². The van der Waals surface area contributed by atoms with Crippen molar-refractivity contribution in [1.82, 2.24) is 25.0 Å². The number of benzene rings is 2. The standard InChI is InChI=1S/C35H49N5O4/c1-4-43-32-16-15-26(21-33(32)44-5-2)24-38(3)35(42)31(22-27-23-36-30-14-10-9-13-29(27)30)37-34(41)25-39-17-19-40(20-18-39)28-11-7-6-8-12-28/h9-10,13-16,21,23,28,31,36H,4-8,11-12,17-20,22,24-25H2,1-3H3,(H,37,41). The van der Waals surface area contributed by atoms with Crippen LogP contribution in [0.3, 0.4) is 0 Å². The number of hydrogen-bond donors (Lipinski definition) is 2. The summed E-state index contributed by atoms with van der Waals surface area (Å²) in [6.07, 6.45) is 8.98. The molecule has 2 aromatic carbocycles. The number of ether oxygens (including phenoxy) is 2. The topological polar surface area (TPSA) is 90.1 Å². The second kappa shape index (κ2) is 15.4. The molecule has 5 rings (SSSR count). The second-order valence-electron chi connectivity index (χ2n) is 12.1. The number of H-pyrrole nitrogens is 1. The molecule has 1 saturated carbocycles. The van der Waals surface area contributed by atoms with Crippen LogP contribution in [0.5, 0.6) is 11.5 Å². The van der Waals surface area contributed by atoms with Gasteiger partial charge in [-0.2, -0.15) is 0 Å². The van der Waals surface area contributed by atoms with Crippen molar-refractivity contribution in [3.8, 4) is 11.5 Å². The molecule has 0 bridgehead atoms. The highest BCUT2D eigenvalue weighted by Crippen LogP contribution is 2.29. The van der Waals surface area contributed by atoms with Crippen LogP contribution in [0.25, 0.3) is 10.9 Å². The summed E-state index contributed by atoms with van der Waals surface area (Å²) in [6.45, 7) is 9.40. The van der Waals surface area contributed by atoms with Crippen molar-refractivity contribution in [2.24, 2.45) is 0 Å². The first-order valence-electron chi connectivity index (χ1n) is 16.4. The van der Waals surface area contributed by atoms with E-state index in [2.05, 4.69) is 26.2 Å². The number of fused-ring (bicyclic) bond motifs is 1. The van der Waals surface area contributed by atoms with Gasteiger partial charge in [0, 0.05) is 69.3 Å². The average molecular weight is 604 g/mol. The molecule has 1 aliphatic carbocycles. The van der Waals surface area contributed by atoms with Crippen LogP contribution < -0.4 is 14.8 Å². The molecule has 9 nitrogen and oxygen atoms in total. The zero-order valence-electron chi connectivity index (χ0n) is 26.6. The molecule has 1 aromatic heterocycles. The second-order valence-corrected chi connectivity index (χ2v) is 12.1. The van der Waals surface area contributed by atoms with Gasteiger partial charge in [-0.15, -0.1) is 0 Å². The van der Waals surface area contributed by atoms with Crippen LogP contribution in [-0.2, 0) is 22.6 Å². The smallest absolute Gasteiger partial charge is 0.245 e. The SMILES string of the molecule is CCOc1ccc(CN(C)C(=O)C(Cc2c[nH]c3ccccc23)NC(=O)CN2CCN(C3CCCCC3)CC2)cc1OCC. The first kappa shape index (κ1) is 31.9. The van der Waals surface area contributed by atoms with Crippen molar-refractivity contribution in [2.75, 3.05) is 53.0 Å². The van der Waals surface area contributed by atoms with E-state index >= 15 is 0 Å². The highest BCUT2D eigenvalue weighted by atomic mass is 16.5. The summed E-state index contributed by atoms with van der Waals surface area (Å²) in [5.41, 5.74) is 2.95. The number of nitrogens with zero attached hydrogens (tertiary/aromatic N) is 3. The van der Waals surface area contributed by atoms with Crippen LogP contribution >= 0.6 is 0 Å². The number of hydrogen-bond acceptors (Lipinski definition) is 6. The Bertz CT molecular complexity index is 1380. The molecule has 2 heterocycles. The van der Waals surface area contributed by atoms with E-state index in [0.717, 1.165) is 48.2 Å². The molecule has 2 aliphatic rings. The molecule has 2 N–H and O–H groups in total. The van der Waals surface area contributed by atoms with Gasteiger partial charge in [-0.3, -0.25) is 19.4 Å². The first-order chi connectivity index (χ1) is 21.4. The minimum atomic E-state index is -0.690. The molecule has 1 saturated heterocycles. The van der Waals surface area contributed by atoms with E-state index < -0.39 is 6.04 Å². The Hall–Kier alpha value is -3.56. The molecule has 1 aliphatic heterocycles. The van der Waals surface area contributed by atoms with Crippen LogP contribution in [0.1, 0.15) is 57.1 Å². The van der Waals surface area contributed by atoms with Crippen molar-refractivity contribution >= 4 is 22.7 Å². The fourth-order valence-corrected chi connectivity index (χ4v) is 6.71. The molecule has 0 radical (unpaired) electrons. The lowest BCUT2D eigenvalue weighted by atomic mass is 9.94. The third-order valence-electron chi connectivity index (χ3n) is 9.00. The summed E-state index contributed by atoms with van der Waals surface area (Å²) < 4.78 is 11.5. The van der Waals surface area contributed by atoms with Crippen molar-refractivity contribution in [2.45, 2.75) is 71.0 Å². The van der Waals surface area contributed by atoms with Gasteiger partial charge in [-0.1, -0.05) is 43.5 Å². The number of aromatic amines is 1. The Kier molecular flexibility index (Phi) is 11.2. The number of aromatic nitrogens is 1. The first-order valence-corrected chi connectivity index (χ1v) is 16.4. The quantitative estimate of drug-likeness (QED) is 0.297. The fourth-order valence-electron chi connectivity index (χ4n) is 6.71. The molecule has 3 aromatic rings. The highest BCUT2D eigenvalue weighted by Gasteiger charge is 2.29. The van der Waals surface area contributed by atoms with Crippen molar-refractivity contribution < 1.29 is 19.1 Å². The minimum Gasteiger partial charge on any atom is -0.490 e. The number of piperazine rings is 1. The Labute approximate surface area is 261 Å². The summed E-state index contributed by atoms with van der Waals surface area (Å²) in [7, 11) is 1.79. The predicted octanol–water partition coefficient (Wildman–Crippen LogP) is 4.60. The van der Waals surface area contributed by atoms with Crippen molar-refractivity contribution in [3.05, 3.63) is 59.8 Å². The molecule has 44 heavy (non-hydrogen) atoms. The molecular formula is C35H49N5O4. The van der Waals surface area contributed by atoms with Crippen LogP contribution in [0.2, 0.25) is 0 Å². The molecule has 1 unspecified atom stereocenters. The number of likely N-dealkylation sites (N-methyl/N-ethyl adjacent to an activating group) is 1. The number of carbonyl (C=O) groups is 2. The third-order valence-corrected chi connectivity index (χ3v) is 9.00. The summed E-state index contributed by atoms with van der Waals surface area (Å²) in [6, 6.07) is 13.8. The van der Waals surface area contributed by atoms with E-state index in [9.17, 15) is 9.59 Å². The monoisotopic (exact) mass is 603 g/mol. The maximum Gasteiger partial charge on any atom is 0.245 e. The predicted molar refractivity (Wildman–Crippen MR) is 174 cm³/mol. The molecule has 2 fully saturated rings. The summed E-state index contributed by atoms with van der Waals surface area (Å²) >= 11 is 0. The van der Waals surface area contributed by atoms with Crippen molar-refractivity contribution in [3.63, 3.8) is 0 Å². The molecule has 9 heteroatoms. The van der Waals surface area contributed by atoms with Gasteiger partial charge < -0.3 is 24.7 Å². The van der Waals surface area contributed by atoms with E-state index in [1.807, 2.05) is 56.4 Å². The zero-order chi connectivity index (χ0) is 30.9. The normalized spacial score (nSPS) is 17.3. The van der Waals surface area contributed by atoms with Gasteiger partial charge in [0.1, 0.15) is 6.04 Å². The molecule has 1 atom stereocenters. The Morgan fingerprint density at radius 2 is 1.70 bits per heavy atom. The van der Waals surface area contributed by atoms with E-state index in [0.29, 0.717) is 50.3 Å². The molecular weight excluding hydrogens is 554 g/mol. The van der Waals surface area contributed by atoms with Crippen LogP contribution in [0, 0.1) is 0 Å². The van der Waals surface area contributed by atoms with Crippen LogP contribution in [0.15, 0.2) is 48.7 Å². The van der Waals surface area contributed by atoms with Gasteiger partial charge in [0.2, 0.25) is 11.8 Å². The minimum absolute atomic E-state index is 0.109. The molecule has 2 amide bonds. The van der Waals surface area contributed by atoms with Gasteiger partial charge in [-0.05, 0) is 56.0 Å². The van der Waals surface area contributed by atoms with E-state index in [-0.39, 0.29) is 11.8 Å². The Morgan fingerprint density at radius 3 is 2.45 bits per heavy atom. The van der Waals surface area contributed by atoms with Gasteiger partial charge in [-0.25, -0.2) is 0 Å². The Morgan fingerprint density at radius 1 is 0.977 bits per heavy atom. The number of nitrogens with one attached hydrogen (secondary N) is 2.